The lowest BCUT2D eigenvalue weighted by atomic mass is 10.2. The number of carbonyl (C=O) groups excluding carboxylic acids is 1. The van der Waals surface area contributed by atoms with Crippen LogP contribution in [0.2, 0.25) is 0 Å². The molecule has 0 saturated carbocycles. The van der Waals surface area contributed by atoms with Gasteiger partial charge in [0.25, 0.3) is 9.84 Å². The number of aromatic nitrogens is 1. The molecule has 12 heteroatoms. The standard InChI is InChI=1S/C24H21F3N4O4S/c1-17-14-31(19-7-9-21(10-8-19)36(33,34)24(25,26)27)16-30(17)15-18-11-12-28-13-22(18)29-23(32)35-20-5-3-2-4-6-20/h2-14H,15-16H2,1H3,(H,29,32). The molecule has 188 valence electrons. The predicted molar refractivity (Wildman–Crippen MR) is 127 cm³/mol. The van der Waals surface area contributed by atoms with Crippen LogP contribution in [0.25, 0.3) is 0 Å². The van der Waals surface area contributed by atoms with Crippen molar-refractivity contribution >= 4 is 27.3 Å². The highest BCUT2D eigenvalue weighted by Gasteiger charge is 2.46. The van der Waals surface area contributed by atoms with E-state index in [1.165, 1.54) is 18.3 Å². The fraction of sp³-hybridized carbons (Fsp3) is 0.167. The fourth-order valence-corrected chi connectivity index (χ4v) is 4.30. The number of carbonyl (C=O) groups is 1. The van der Waals surface area contributed by atoms with Gasteiger partial charge in [-0.3, -0.25) is 10.3 Å². The maximum atomic E-state index is 12.8. The van der Waals surface area contributed by atoms with E-state index in [9.17, 15) is 26.4 Å². The van der Waals surface area contributed by atoms with E-state index in [2.05, 4.69) is 10.3 Å². The summed E-state index contributed by atoms with van der Waals surface area (Å²) < 4.78 is 66.9. The van der Waals surface area contributed by atoms with Crippen molar-refractivity contribution in [3.63, 3.8) is 0 Å². The van der Waals surface area contributed by atoms with Gasteiger partial charge in [-0.2, -0.15) is 13.2 Å². The van der Waals surface area contributed by atoms with Gasteiger partial charge in [-0.05, 0) is 55.0 Å². The number of alkyl halides is 3. The van der Waals surface area contributed by atoms with Crippen LogP contribution >= 0.6 is 0 Å². The van der Waals surface area contributed by atoms with Crippen LogP contribution in [0.1, 0.15) is 12.5 Å². The Morgan fingerprint density at radius 1 is 1.08 bits per heavy atom. The van der Waals surface area contributed by atoms with Crippen molar-refractivity contribution in [1.29, 1.82) is 0 Å². The van der Waals surface area contributed by atoms with E-state index in [0.29, 0.717) is 30.3 Å². The first-order chi connectivity index (χ1) is 17.0. The number of rotatable bonds is 6. The summed E-state index contributed by atoms with van der Waals surface area (Å²) in [5.41, 5.74) is -2.75. The number of benzene rings is 2. The Labute approximate surface area is 205 Å². The zero-order chi connectivity index (χ0) is 25.9. The lowest BCUT2D eigenvalue weighted by Gasteiger charge is -2.24. The molecule has 2 aromatic carbocycles. The number of para-hydroxylation sites is 1. The van der Waals surface area contributed by atoms with E-state index in [-0.39, 0.29) is 0 Å². The molecule has 4 rings (SSSR count). The Hall–Kier alpha value is -4.06. The van der Waals surface area contributed by atoms with Gasteiger partial charge < -0.3 is 14.5 Å². The molecule has 0 radical (unpaired) electrons. The molecule has 0 spiro atoms. The summed E-state index contributed by atoms with van der Waals surface area (Å²) in [5, 5.41) is 2.69. The molecule has 0 saturated heterocycles. The van der Waals surface area contributed by atoms with Crippen LogP contribution in [0.3, 0.4) is 0 Å². The molecular formula is C24H21F3N4O4S. The zero-order valence-corrected chi connectivity index (χ0v) is 19.8. The number of hydrogen-bond acceptors (Lipinski definition) is 7. The van der Waals surface area contributed by atoms with Crippen LogP contribution in [0.15, 0.2) is 89.8 Å². The Balaban J connectivity index is 1.44. The molecule has 1 aromatic heterocycles. The third-order valence-electron chi connectivity index (χ3n) is 5.41. The van der Waals surface area contributed by atoms with Crippen molar-refractivity contribution in [3.8, 4) is 5.75 Å². The topological polar surface area (TPSA) is 91.8 Å². The minimum atomic E-state index is -5.41. The summed E-state index contributed by atoms with van der Waals surface area (Å²) in [4.78, 5) is 19.3. The van der Waals surface area contributed by atoms with Gasteiger partial charge in [0.2, 0.25) is 0 Å². The second kappa shape index (κ2) is 9.90. The molecule has 3 aromatic rings. The van der Waals surface area contributed by atoms with E-state index in [0.717, 1.165) is 23.4 Å². The SMILES string of the molecule is CC1=CN(c2ccc(S(=O)(=O)C(F)(F)F)cc2)CN1Cc1ccncc1NC(=O)Oc1ccccc1. The van der Waals surface area contributed by atoms with E-state index in [1.807, 2.05) is 11.8 Å². The van der Waals surface area contributed by atoms with Crippen LogP contribution in [0.5, 0.6) is 5.75 Å². The molecule has 0 aliphatic carbocycles. The molecule has 0 fully saturated rings. The maximum Gasteiger partial charge on any atom is 0.501 e. The minimum Gasteiger partial charge on any atom is -0.410 e. The van der Waals surface area contributed by atoms with Crippen molar-refractivity contribution < 1.29 is 31.1 Å². The summed E-state index contributed by atoms with van der Waals surface area (Å²) in [6.07, 6.45) is 4.23. The largest absolute Gasteiger partial charge is 0.501 e. The number of nitrogens with one attached hydrogen (secondary N) is 1. The predicted octanol–water partition coefficient (Wildman–Crippen LogP) is 5.13. The fourth-order valence-electron chi connectivity index (χ4n) is 3.54. The van der Waals surface area contributed by atoms with Crippen molar-refractivity contribution in [2.75, 3.05) is 16.9 Å². The highest BCUT2D eigenvalue weighted by atomic mass is 32.2. The van der Waals surface area contributed by atoms with Gasteiger partial charge in [0.15, 0.2) is 0 Å². The molecule has 1 aliphatic heterocycles. The zero-order valence-electron chi connectivity index (χ0n) is 18.9. The molecule has 8 nitrogen and oxygen atoms in total. The van der Waals surface area contributed by atoms with Gasteiger partial charge >= 0.3 is 11.6 Å². The number of allylic oxidation sites excluding steroid dienone is 1. The van der Waals surface area contributed by atoms with Crippen molar-refractivity contribution in [2.24, 2.45) is 0 Å². The molecule has 1 N–H and O–H groups in total. The average Bonchev–Trinajstić information content (AvgIpc) is 3.20. The van der Waals surface area contributed by atoms with Crippen LogP contribution in [-0.4, -0.2) is 36.6 Å². The number of ether oxygens (including phenoxy) is 1. The van der Waals surface area contributed by atoms with E-state index >= 15 is 0 Å². The third kappa shape index (κ3) is 5.43. The van der Waals surface area contributed by atoms with Crippen LogP contribution < -0.4 is 15.0 Å². The van der Waals surface area contributed by atoms with Gasteiger partial charge in [-0.1, -0.05) is 18.2 Å². The van der Waals surface area contributed by atoms with Crippen LogP contribution in [0, 0.1) is 0 Å². The number of halogens is 3. The lowest BCUT2D eigenvalue weighted by molar-refractivity contribution is -0.0436. The molecule has 0 bridgehead atoms. The first-order valence-corrected chi connectivity index (χ1v) is 12.1. The third-order valence-corrected chi connectivity index (χ3v) is 6.91. The monoisotopic (exact) mass is 518 g/mol. The number of anilines is 2. The van der Waals surface area contributed by atoms with Gasteiger partial charge in [0, 0.05) is 30.3 Å². The number of hydrogen-bond donors (Lipinski definition) is 1. The molecule has 36 heavy (non-hydrogen) atoms. The number of sulfone groups is 1. The van der Waals surface area contributed by atoms with Crippen molar-refractivity contribution in [3.05, 3.63) is 90.5 Å². The summed E-state index contributed by atoms with van der Waals surface area (Å²) in [6, 6.07) is 14.9. The second-order valence-electron chi connectivity index (χ2n) is 7.88. The molecule has 2 heterocycles. The van der Waals surface area contributed by atoms with E-state index in [1.54, 1.807) is 53.7 Å². The van der Waals surface area contributed by atoms with Gasteiger partial charge in [0.1, 0.15) is 5.75 Å². The normalized spacial score (nSPS) is 13.9. The first kappa shape index (κ1) is 25.0. The summed E-state index contributed by atoms with van der Waals surface area (Å²) in [5.74, 6) is 0.392. The average molecular weight is 519 g/mol. The molecule has 1 aliphatic rings. The highest BCUT2D eigenvalue weighted by Crippen LogP contribution is 2.32. The summed E-state index contributed by atoms with van der Waals surface area (Å²) in [6.45, 7) is 2.61. The number of amides is 1. The van der Waals surface area contributed by atoms with Crippen LogP contribution in [-0.2, 0) is 16.4 Å². The smallest absolute Gasteiger partial charge is 0.410 e. The van der Waals surface area contributed by atoms with Crippen LogP contribution in [0.4, 0.5) is 29.3 Å². The lowest BCUT2D eigenvalue weighted by Crippen LogP contribution is -2.27. The molecule has 1 amide bonds. The van der Waals surface area contributed by atoms with Crippen molar-refractivity contribution in [1.82, 2.24) is 9.88 Å². The summed E-state index contributed by atoms with van der Waals surface area (Å²) in [7, 11) is -5.41. The quantitative estimate of drug-likeness (QED) is 0.484. The first-order valence-electron chi connectivity index (χ1n) is 10.6. The van der Waals surface area contributed by atoms with Gasteiger partial charge in [-0.15, -0.1) is 0 Å². The van der Waals surface area contributed by atoms with E-state index < -0.39 is 26.3 Å². The molecule has 0 unspecified atom stereocenters. The molecule has 0 atom stereocenters. The summed E-state index contributed by atoms with van der Waals surface area (Å²) >= 11 is 0. The molecular weight excluding hydrogens is 497 g/mol. The van der Waals surface area contributed by atoms with Crippen molar-refractivity contribution in [2.45, 2.75) is 23.9 Å². The number of pyridine rings is 1. The second-order valence-corrected chi connectivity index (χ2v) is 9.82. The Morgan fingerprint density at radius 2 is 1.78 bits per heavy atom. The Morgan fingerprint density at radius 3 is 2.44 bits per heavy atom. The Kier molecular flexibility index (Phi) is 6.88. The van der Waals surface area contributed by atoms with E-state index in [4.69, 9.17) is 4.74 Å². The highest BCUT2D eigenvalue weighted by molar-refractivity contribution is 7.92. The maximum absolute atomic E-state index is 12.8. The Bertz CT molecular complexity index is 1380. The van der Waals surface area contributed by atoms with Gasteiger partial charge in [0.05, 0.1) is 23.4 Å². The number of nitrogens with zero attached hydrogens (tertiary/aromatic N) is 3. The van der Waals surface area contributed by atoms with Gasteiger partial charge in [-0.25, -0.2) is 13.2 Å². The minimum absolute atomic E-state index is 0.355.